The van der Waals surface area contributed by atoms with E-state index in [4.69, 9.17) is 18.1 Å². The minimum Gasteiger partial charge on any atom is -0.451 e. The molecule has 2 saturated heterocycles. The molecular formula is C35H37N5O5S. The summed E-state index contributed by atoms with van der Waals surface area (Å²) >= 11 is -0.750. The van der Waals surface area contributed by atoms with Crippen molar-refractivity contribution in [3.63, 3.8) is 0 Å². The Morgan fingerprint density at radius 2 is 1.43 bits per heavy atom. The third-order valence-corrected chi connectivity index (χ3v) is 8.59. The predicted octanol–water partition coefficient (Wildman–Crippen LogP) is 4.30. The predicted molar refractivity (Wildman–Crippen MR) is 174 cm³/mol. The summed E-state index contributed by atoms with van der Waals surface area (Å²) in [7, 11) is 0. The number of nitrogens with zero attached hydrogens (tertiary/aromatic N) is 4. The molecule has 0 aliphatic carbocycles. The van der Waals surface area contributed by atoms with Crippen LogP contribution in [0.1, 0.15) is 56.0 Å². The zero-order valence-electron chi connectivity index (χ0n) is 25.8. The van der Waals surface area contributed by atoms with Crippen molar-refractivity contribution in [2.24, 2.45) is 0 Å². The van der Waals surface area contributed by atoms with Crippen LogP contribution in [-0.4, -0.2) is 80.2 Å². The van der Waals surface area contributed by atoms with Gasteiger partial charge in [0.15, 0.2) is 5.76 Å². The summed E-state index contributed by atoms with van der Waals surface area (Å²) in [5, 5.41) is 12.9. The number of hydrogen-bond acceptors (Lipinski definition) is 8. The van der Waals surface area contributed by atoms with Crippen LogP contribution < -0.4 is 5.32 Å². The fourth-order valence-electron chi connectivity index (χ4n) is 5.97. The van der Waals surface area contributed by atoms with E-state index in [2.05, 4.69) is 52.4 Å². The summed E-state index contributed by atoms with van der Waals surface area (Å²) in [6.07, 6.45) is 1.72. The van der Waals surface area contributed by atoms with Gasteiger partial charge in [-0.15, -0.1) is 0 Å². The largest absolute Gasteiger partial charge is 0.451 e. The number of benzene rings is 3. The number of nitrogens with one attached hydrogen (secondary N) is 1. The lowest BCUT2D eigenvalue weighted by molar-refractivity contribution is 0.0628. The fourth-order valence-corrected chi connectivity index (χ4v) is 5.97. The first-order valence-electron chi connectivity index (χ1n) is 15.4. The first-order valence-corrected chi connectivity index (χ1v) is 16.1. The summed E-state index contributed by atoms with van der Waals surface area (Å²) < 4.78 is 22.5. The van der Waals surface area contributed by atoms with Crippen LogP contribution in [-0.2, 0) is 24.7 Å². The Kier molecular flexibility index (Phi) is 11.1. The smallest absolute Gasteiger partial charge is 0.335 e. The van der Waals surface area contributed by atoms with Gasteiger partial charge >= 0.3 is 11.6 Å². The maximum absolute atomic E-state index is 13.3. The van der Waals surface area contributed by atoms with Crippen LogP contribution in [0.2, 0.25) is 0 Å². The maximum atomic E-state index is 13.3. The van der Waals surface area contributed by atoms with Crippen molar-refractivity contribution in [3.05, 3.63) is 106 Å². The summed E-state index contributed by atoms with van der Waals surface area (Å²) in [6, 6.07) is 25.7. The molecule has 2 aliphatic rings. The molecule has 2 amide bonds. The highest BCUT2D eigenvalue weighted by molar-refractivity contribution is 7.51. The van der Waals surface area contributed by atoms with Gasteiger partial charge in [-0.2, -0.15) is 13.7 Å². The Morgan fingerprint density at radius 1 is 0.848 bits per heavy atom. The lowest BCUT2D eigenvalue weighted by Gasteiger charge is -2.34. The van der Waals surface area contributed by atoms with Crippen molar-refractivity contribution in [1.82, 2.24) is 20.0 Å². The summed E-state index contributed by atoms with van der Waals surface area (Å²) in [5.74, 6) is 0.0560. The number of aryl methyl sites for hydroxylation is 1. The van der Waals surface area contributed by atoms with Gasteiger partial charge in [0.2, 0.25) is 0 Å². The number of hydrogen-bond donors (Lipinski definition) is 1. The molecule has 238 valence electrons. The average Bonchev–Trinajstić information content (AvgIpc) is 3.51. The molecule has 0 unspecified atom stereocenters. The average molecular weight is 640 g/mol. The number of amides is 2. The Balaban J connectivity index is 0.00000134. The van der Waals surface area contributed by atoms with Crippen LogP contribution in [0.15, 0.2) is 77.2 Å². The van der Waals surface area contributed by atoms with Crippen molar-refractivity contribution in [2.45, 2.75) is 38.9 Å². The molecule has 0 spiro atoms. The van der Waals surface area contributed by atoms with Crippen LogP contribution in [0.3, 0.4) is 0 Å². The number of carbonyl (C=O) groups is 2. The highest BCUT2D eigenvalue weighted by atomic mass is 32.1. The fraction of sp³-hybridized carbons (Fsp3) is 0.343. The quantitative estimate of drug-likeness (QED) is 0.317. The Bertz CT molecular complexity index is 1730. The molecular weight excluding hydrogens is 602 g/mol. The highest BCUT2D eigenvalue weighted by Crippen LogP contribution is 2.23. The van der Waals surface area contributed by atoms with E-state index in [1.54, 1.807) is 18.2 Å². The molecule has 2 aliphatic heterocycles. The molecule has 0 bridgehead atoms. The number of fused-ring (bicyclic) bond motifs is 1. The van der Waals surface area contributed by atoms with Crippen LogP contribution in [0.25, 0.3) is 11.0 Å². The first-order chi connectivity index (χ1) is 22.3. The maximum Gasteiger partial charge on any atom is 0.335 e. The molecule has 3 heterocycles. The molecule has 10 nitrogen and oxygen atoms in total. The van der Waals surface area contributed by atoms with Gasteiger partial charge in [0.1, 0.15) is 5.58 Å². The molecule has 6 rings (SSSR count). The number of piperidine rings is 1. The van der Waals surface area contributed by atoms with E-state index in [1.165, 1.54) is 16.7 Å². The summed E-state index contributed by atoms with van der Waals surface area (Å²) in [5.41, 5.74) is 5.61. The number of piperazine rings is 1. The van der Waals surface area contributed by atoms with E-state index in [1.807, 2.05) is 35.2 Å². The minimum absolute atomic E-state index is 0.0110. The third-order valence-electron chi connectivity index (χ3n) is 8.59. The number of rotatable bonds is 7. The molecule has 3 aromatic carbocycles. The molecule has 0 radical (unpaired) electrons. The lowest BCUT2D eigenvalue weighted by atomic mass is 10.0. The molecule has 1 N–H and O–H groups in total. The van der Waals surface area contributed by atoms with Gasteiger partial charge in [0.25, 0.3) is 11.8 Å². The standard InChI is InChI=1S/C35H37N5O3.O2S/c1-25-2-4-27(5-3-25)24-39-16-18-40(19-17-39)35(42)29-10-11-32-30(20-29)21-33(43-32)34(41)37-31-12-14-38(15-13-31)23-28-8-6-26(22-36)7-9-28;1-3-2/h2-11,20-21,31H,12-19,23-24H2,1H3,(H,37,41);. The molecule has 0 saturated carbocycles. The van der Waals surface area contributed by atoms with E-state index in [-0.39, 0.29) is 23.6 Å². The number of furan rings is 1. The summed E-state index contributed by atoms with van der Waals surface area (Å²) in [4.78, 5) is 33.0. The van der Waals surface area contributed by atoms with Crippen molar-refractivity contribution in [3.8, 4) is 6.07 Å². The second kappa shape index (κ2) is 15.6. The molecule has 46 heavy (non-hydrogen) atoms. The van der Waals surface area contributed by atoms with E-state index in [0.29, 0.717) is 29.8 Å². The molecule has 0 atom stereocenters. The molecule has 1 aromatic heterocycles. The van der Waals surface area contributed by atoms with Crippen LogP contribution in [0, 0.1) is 18.3 Å². The van der Waals surface area contributed by atoms with Crippen LogP contribution >= 0.6 is 0 Å². The minimum atomic E-state index is -0.750. The highest BCUT2D eigenvalue weighted by Gasteiger charge is 2.25. The normalized spacial score (nSPS) is 15.9. The van der Waals surface area contributed by atoms with E-state index in [9.17, 15) is 9.59 Å². The van der Waals surface area contributed by atoms with Gasteiger partial charge in [0.05, 0.1) is 11.6 Å². The second-order valence-electron chi connectivity index (χ2n) is 11.8. The Morgan fingerprint density at radius 3 is 2.04 bits per heavy atom. The zero-order chi connectivity index (χ0) is 32.5. The first kappa shape index (κ1) is 32.8. The zero-order valence-corrected chi connectivity index (χ0v) is 26.6. The number of likely N-dealkylation sites (tertiary alicyclic amines) is 1. The van der Waals surface area contributed by atoms with Gasteiger partial charge in [-0.3, -0.25) is 19.4 Å². The third kappa shape index (κ3) is 8.54. The van der Waals surface area contributed by atoms with Crippen molar-refractivity contribution in [2.75, 3.05) is 39.3 Å². The monoisotopic (exact) mass is 639 g/mol. The van der Waals surface area contributed by atoms with Gasteiger partial charge in [-0.1, -0.05) is 42.0 Å². The second-order valence-corrected chi connectivity index (χ2v) is 12.0. The van der Waals surface area contributed by atoms with Crippen LogP contribution in [0.5, 0.6) is 0 Å². The van der Waals surface area contributed by atoms with Crippen molar-refractivity contribution >= 4 is 34.4 Å². The molecule has 11 heteroatoms. The van der Waals surface area contributed by atoms with E-state index in [0.717, 1.165) is 57.5 Å². The molecule has 2 fully saturated rings. The van der Waals surface area contributed by atoms with E-state index >= 15 is 0 Å². The summed E-state index contributed by atoms with van der Waals surface area (Å²) in [6.45, 7) is 8.65. The number of nitriles is 1. The topological polar surface area (TPSA) is 127 Å². The van der Waals surface area contributed by atoms with Crippen LogP contribution in [0.4, 0.5) is 0 Å². The molecule has 4 aromatic rings. The Labute approximate surface area is 272 Å². The van der Waals surface area contributed by atoms with Gasteiger partial charge in [-0.05, 0) is 67.3 Å². The van der Waals surface area contributed by atoms with Gasteiger partial charge < -0.3 is 14.6 Å². The van der Waals surface area contributed by atoms with Crippen molar-refractivity contribution in [1.29, 1.82) is 5.26 Å². The SMILES string of the molecule is Cc1ccc(CN2CCN(C(=O)c3ccc4oc(C(=O)NC5CCN(Cc6ccc(C#N)cc6)CC5)cc4c3)CC2)cc1.O=S=O. The van der Waals surface area contributed by atoms with E-state index < -0.39 is 11.6 Å². The van der Waals surface area contributed by atoms with Gasteiger partial charge in [0, 0.05) is 69.3 Å². The lowest BCUT2D eigenvalue weighted by Crippen LogP contribution is -2.48. The number of carbonyl (C=O) groups excluding carboxylic acids is 2. The van der Waals surface area contributed by atoms with Crippen molar-refractivity contribution < 1.29 is 22.4 Å². The van der Waals surface area contributed by atoms with Gasteiger partial charge in [-0.25, -0.2) is 0 Å². The Hall–Kier alpha value is -4.63.